The zero-order valence-corrected chi connectivity index (χ0v) is 10.1. The molecule has 1 amide bonds. The number of carboxylic acid groups (broad SMARTS) is 1. The topological polar surface area (TPSA) is 90.2 Å². The summed E-state index contributed by atoms with van der Waals surface area (Å²) in [5, 5.41) is 20.3. The van der Waals surface area contributed by atoms with E-state index < -0.39 is 17.8 Å². The highest BCUT2D eigenvalue weighted by atomic mass is 16.4. The molecule has 0 aromatic heterocycles. The Labute approximate surface area is 101 Å². The van der Waals surface area contributed by atoms with Crippen LogP contribution < -0.4 is 5.32 Å². The minimum Gasteiger partial charge on any atom is -0.481 e. The molecular weight excluding hydrogens is 220 g/mol. The number of hydrogen-bond donors (Lipinski definition) is 2. The highest BCUT2D eigenvalue weighted by Gasteiger charge is 2.41. The monoisotopic (exact) mass is 238 g/mol. The summed E-state index contributed by atoms with van der Waals surface area (Å²) in [5.74, 6) is -1.91. The van der Waals surface area contributed by atoms with Crippen molar-refractivity contribution in [3.05, 3.63) is 0 Å². The molecule has 0 aromatic rings. The molecule has 0 radical (unpaired) electrons. The van der Waals surface area contributed by atoms with Crippen molar-refractivity contribution in [2.45, 2.75) is 39.2 Å². The van der Waals surface area contributed by atoms with Gasteiger partial charge in [0.25, 0.3) is 0 Å². The molecule has 1 aliphatic carbocycles. The smallest absolute Gasteiger partial charge is 0.307 e. The van der Waals surface area contributed by atoms with Gasteiger partial charge in [0.1, 0.15) is 0 Å². The predicted molar refractivity (Wildman–Crippen MR) is 60.8 cm³/mol. The second-order valence-corrected chi connectivity index (χ2v) is 4.90. The van der Waals surface area contributed by atoms with E-state index in [4.69, 9.17) is 10.4 Å². The van der Waals surface area contributed by atoms with Gasteiger partial charge in [0, 0.05) is 6.04 Å². The van der Waals surface area contributed by atoms with Crippen molar-refractivity contribution in [2.75, 3.05) is 0 Å². The van der Waals surface area contributed by atoms with Crippen LogP contribution in [0.1, 0.15) is 33.1 Å². The van der Waals surface area contributed by atoms with Gasteiger partial charge in [0.05, 0.1) is 24.3 Å². The number of hydrogen-bond acceptors (Lipinski definition) is 3. The van der Waals surface area contributed by atoms with Gasteiger partial charge in [-0.2, -0.15) is 5.26 Å². The van der Waals surface area contributed by atoms with Gasteiger partial charge in [-0.15, -0.1) is 0 Å². The van der Waals surface area contributed by atoms with Crippen LogP contribution in [0.15, 0.2) is 0 Å². The molecule has 1 saturated carbocycles. The third-order valence-corrected chi connectivity index (χ3v) is 3.24. The third-order valence-electron chi connectivity index (χ3n) is 3.24. The maximum Gasteiger partial charge on any atom is 0.307 e. The normalized spacial score (nSPS) is 29.4. The fraction of sp³-hybridized carbons (Fsp3) is 0.750. The molecule has 94 valence electrons. The summed E-state index contributed by atoms with van der Waals surface area (Å²) >= 11 is 0. The van der Waals surface area contributed by atoms with Crippen LogP contribution in [0, 0.1) is 29.1 Å². The van der Waals surface area contributed by atoms with Crippen LogP contribution in [-0.2, 0) is 9.59 Å². The number of nitrogens with one attached hydrogen (secondary N) is 1. The molecule has 4 unspecified atom stereocenters. The Hall–Kier alpha value is -1.57. The molecule has 5 nitrogen and oxygen atoms in total. The molecule has 0 aromatic carbocycles. The number of aliphatic carboxylic acids is 1. The van der Waals surface area contributed by atoms with Crippen LogP contribution in [0.4, 0.5) is 0 Å². The summed E-state index contributed by atoms with van der Waals surface area (Å²) in [7, 11) is 0. The number of nitrogens with zero attached hydrogens (tertiary/aromatic N) is 1. The molecule has 0 saturated heterocycles. The van der Waals surface area contributed by atoms with Crippen LogP contribution >= 0.6 is 0 Å². The minimum atomic E-state index is -0.901. The van der Waals surface area contributed by atoms with Gasteiger partial charge in [-0.25, -0.2) is 0 Å². The van der Waals surface area contributed by atoms with Gasteiger partial charge in [0.2, 0.25) is 5.91 Å². The van der Waals surface area contributed by atoms with Crippen molar-refractivity contribution < 1.29 is 14.7 Å². The lowest BCUT2D eigenvalue weighted by Crippen LogP contribution is -2.39. The summed E-state index contributed by atoms with van der Waals surface area (Å²) in [4.78, 5) is 22.9. The van der Waals surface area contributed by atoms with Crippen LogP contribution in [0.2, 0.25) is 0 Å². The van der Waals surface area contributed by atoms with E-state index in [1.165, 1.54) is 0 Å². The van der Waals surface area contributed by atoms with Crippen molar-refractivity contribution in [1.29, 1.82) is 5.26 Å². The summed E-state index contributed by atoms with van der Waals surface area (Å²) < 4.78 is 0. The average molecular weight is 238 g/mol. The molecule has 1 rings (SSSR count). The fourth-order valence-electron chi connectivity index (χ4n) is 2.39. The van der Waals surface area contributed by atoms with Crippen molar-refractivity contribution in [2.24, 2.45) is 17.8 Å². The minimum absolute atomic E-state index is 0.224. The molecule has 4 atom stereocenters. The maximum absolute atomic E-state index is 11.9. The van der Waals surface area contributed by atoms with Gasteiger partial charge in [-0.3, -0.25) is 9.59 Å². The van der Waals surface area contributed by atoms with Crippen molar-refractivity contribution in [1.82, 2.24) is 5.32 Å². The average Bonchev–Trinajstić information content (AvgIpc) is 2.60. The first kappa shape index (κ1) is 13.5. The molecule has 5 heteroatoms. The lowest BCUT2D eigenvalue weighted by molar-refractivity contribution is -0.146. The molecule has 1 aliphatic rings. The molecule has 0 aliphatic heterocycles. The lowest BCUT2D eigenvalue weighted by atomic mass is 9.95. The number of rotatable bonds is 4. The van der Waals surface area contributed by atoms with Gasteiger partial charge in [-0.05, 0) is 25.7 Å². The zero-order valence-electron chi connectivity index (χ0n) is 10.1. The Morgan fingerprint density at radius 1 is 1.47 bits per heavy atom. The number of carbonyl (C=O) groups is 2. The predicted octanol–water partition coefficient (Wildman–Crippen LogP) is 1.15. The van der Waals surface area contributed by atoms with Crippen LogP contribution in [-0.4, -0.2) is 23.0 Å². The SMILES string of the molecule is CC1CC(C(=O)O)C(C(=O)NC(C)CC#N)C1. The summed E-state index contributed by atoms with van der Waals surface area (Å²) in [6.45, 7) is 3.71. The first-order valence-corrected chi connectivity index (χ1v) is 5.85. The highest BCUT2D eigenvalue weighted by Crippen LogP contribution is 2.36. The van der Waals surface area contributed by atoms with Crippen molar-refractivity contribution in [3.8, 4) is 6.07 Å². The molecule has 2 N–H and O–H groups in total. The number of nitriles is 1. The largest absolute Gasteiger partial charge is 0.481 e. The van der Waals surface area contributed by atoms with E-state index in [1.807, 2.05) is 13.0 Å². The second kappa shape index (κ2) is 5.67. The Balaban J connectivity index is 2.62. The lowest BCUT2D eigenvalue weighted by Gasteiger charge is -2.18. The van der Waals surface area contributed by atoms with Gasteiger partial charge in [-0.1, -0.05) is 6.92 Å². The van der Waals surface area contributed by atoms with E-state index in [9.17, 15) is 9.59 Å². The van der Waals surface area contributed by atoms with E-state index >= 15 is 0 Å². The van der Waals surface area contributed by atoms with Gasteiger partial charge >= 0.3 is 5.97 Å². The third kappa shape index (κ3) is 3.45. The molecule has 0 bridgehead atoms. The number of carboxylic acids is 1. The first-order valence-electron chi connectivity index (χ1n) is 5.85. The standard InChI is InChI=1S/C12H18N2O3/c1-7-5-9(10(6-7)12(16)17)11(15)14-8(2)3-4-13/h7-10H,3,5-6H2,1-2H3,(H,14,15)(H,16,17). The van der Waals surface area contributed by atoms with Gasteiger partial charge in [0.15, 0.2) is 0 Å². The molecule has 1 fully saturated rings. The van der Waals surface area contributed by atoms with E-state index in [-0.39, 0.29) is 24.3 Å². The Kier molecular flexibility index (Phi) is 4.50. The van der Waals surface area contributed by atoms with Gasteiger partial charge < -0.3 is 10.4 Å². The fourth-order valence-corrected chi connectivity index (χ4v) is 2.39. The second-order valence-electron chi connectivity index (χ2n) is 4.90. The Morgan fingerprint density at radius 2 is 2.06 bits per heavy atom. The molecule has 17 heavy (non-hydrogen) atoms. The molecule has 0 spiro atoms. The Morgan fingerprint density at radius 3 is 2.59 bits per heavy atom. The van der Waals surface area contributed by atoms with E-state index in [0.29, 0.717) is 12.8 Å². The van der Waals surface area contributed by atoms with E-state index in [1.54, 1.807) is 6.92 Å². The quantitative estimate of drug-likeness (QED) is 0.768. The van der Waals surface area contributed by atoms with E-state index in [2.05, 4.69) is 5.32 Å². The number of carbonyl (C=O) groups excluding carboxylic acids is 1. The van der Waals surface area contributed by atoms with Crippen LogP contribution in [0.25, 0.3) is 0 Å². The molecular formula is C12H18N2O3. The Bertz CT molecular complexity index is 348. The highest BCUT2D eigenvalue weighted by molar-refractivity contribution is 5.85. The summed E-state index contributed by atoms with van der Waals surface area (Å²) in [6.07, 6.45) is 1.41. The number of amides is 1. The van der Waals surface area contributed by atoms with Crippen LogP contribution in [0.5, 0.6) is 0 Å². The summed E-state index contributed by atoms with van der Waals surface area (Å²) in [6, 6.07) is 1.75. The van der Waals surface area contributed by atoms with Crippen LogP contribution in [0.3, 0.4) is 0 Å². The van der Waals surface area contributed by atoms with Crippen molar-refractivity contribution in [3.63, 3.8) is 0 Å². The first-order chi connectivity index (χ1) is 7.95. The van der Waals surface area contributed by atoms with E-state index in [0.717, 1.165) is 0 Å². The van der Waals surface area contributed by atoms with Crippen molar-refractivity contribution >= 4 is 11.9 Å². The molecule has 0 heterocycles. The summed E-state index contributed by atoms with van der Waals surface area (Å²) in [5.41, 5.74) is 0. The maximum atomic E-state index is 11.9. The zero-order chi connectivity index (χ0) is 13.0.